The number of rotatable bonds is 2. The van der Waals surface area contributed by atoms with Crippen molar-refractivity contribution in [1.82, 2.24) is 29.4 Å². The van der Waals surface area contributed by atoms with E-state index in [0.717, 1.165) is 33.7 Å². The maximum absolute atomic E-state index is 6.32. The van der Waals surface area contributed by atoms with E-state index >= 15 is 0 Å². The lowest BCUT2D eigenvalue weighted by atomic mass is 9.84. The van der Waals surface area contributed by atoms with Crippen LogP contribution in [0.15, 0.2) is 73.3 Å². The molecule has 1 aliphatic heterocycles. The number of hydrogen-bond acceptors (Lipinski definition) is 5. The molecule has 1 aliphatic rings. The summed E-state index contributed by atoms with van der Waals surface area (Å²) in [5, 5.41) is 9.06. The minimum absolute atomic E-state index is 0.104. The predicted molar refractivity (Wildman–Crippen MR) is 107 cm³/mol. The monoisotopic (exact) mass is 380 g/mol. The van der Waals surface area contributed by atoms with E-state index in [-0.39, 0.29) is 5.92 Å². The highest BCUT2D eigenvalue weighted by Gasteiger charge is 2.37. The van der Waals surface area contributed by atoms with E-state index in [1.165, 1.54) is 6.33 Å². The first kappa shape index (κ1) is 16.0. The maximum Gasteiger partial charge on any atom is 0.230 e. The van der Waals surface area contributed by atoms with Crippen molar-refractivity contribution >= 4 is 5.65 Å². The van der Waals surface area contributed by atoms with Crippen molar-refractivity contribution in [3.05, 3.63) is 95.7 Å². The zero-order valence-corrected chi connectivity index (χ0v) is 15.6. The number of hydrogen-bond donors (Lipinski definition) is 0. The van der Waals surface area contributed by atoms with E-state index in [4.69, 9.17) is 9.84 Å². The highest BCUT2D eigenvalue weighted by molar-refractivity contribution is 5.65. The van der Waals surface area contributed by atoms with E-state index in [1.807, 2.05) is 60.1 Å². The van der Waals surface area contributed by atoms with Gasteiger partial charge in [-0.25, -0.2) is 19.2 Å². The molecule has 0 fully saturated rings. The molecular formula is C22H16N6O. The van der Waals surface area contributed by atoms with Crippen molar-refractivity contribution in [2.24, 2.45) is 0 Å². The first-order valence-corrected chi connectivity index (χ1v) is 9.37. The Kier molecular flexibility index (Phi) is 3.31. The molecule has 7 heteroatoms. The summed E-state index contributed by atoms with van der Waals surface area (Å²) in [6, 6.07) is 20.3. The number of aromatic nitrogens is 6. The normalized spacial score (nSPS) is 15.0. The Bertz CT molecular complexity index is 1340. The van der Waals surface area contributed by atoms with Crippen LogP contribution in [0.5, 0.6) is 11.8 Å². The van der Waals surface area contributed by atoms with Crippen molar-refractivity contribution in [1.29, 1.82) is 0 Å². The molecule has 0 spiro atoms. The summed E-state index contributed by atoms with van der Waals surface area (Å²) in [5.74, 6) is 1.11. The van der Waals surface area contributed by atoms with E-state index < -0.39 is 0 Å². The second-order valence-electron chi connectivity index (χ2n) is 6.99. The summed E-state index contributed by atoms with van der Waals surface area (Å²) in [4.78, 5) is 9.02. The van der Waals surface area contributed by atoms with Gasteiger partial charge in [0.25, 0.3) is 0 Å². The van der Waals surface area contributed by atoms with Gasteiger partial charge in [0.1, 0.15) is 12.7 Å². The lowest BCUT2D eigenvalue weighted by Crippen LogP contribution is -2.16. The fraction of sp³-hybridized carbons (Fsp3) is 0.0909. The molecule has 1 atom stereocenters. The summed E-state index contributed by atoms with van der Waals surface area (Å²) in [5.41, 5.74) is 5.64. The third-order valence-corrected chi connectivity index (χ3v) is 5.30. The molecule has 7 nitrogen and oxygen atoms in total. The van der Waals surface area contributed by atoms with Gasteiger partial charge in [-0.1, -0.05) is 48.5 Å². The van der Waals surface area contributed by atoms with Crippen LogP contribution in [0.3, 0.4) is 0 Å². The van der Waals surface area contributed by atoms with E-state index in [2.05, 4.69) is 27.2 Å². The SMILES string of the molecule is Cc1nn(-c2ccccc2)c2c1C(c1ccccc1)c1c(ncn3ncnc13)O2. The predicted octanol–water partition coefficient (Wildman–Crippen LogP) is 3.90. The minimum atomic E-state index is -0.104. The number of ether oxygens (including phenoxy) is 1. The number of nitrogens with zero attached hydrogens (tertiary/aromatic N) is 6. The molecule has 4 heterocycles. The van der Waals surface area contributed by atoms with Gasteiger partial charge < -0.3 is 4.74 Å². The van der Waals surface area contributed by atoms with Gasteiger partial charge in [-0.2, -0.15) is 10.2 Å². The largest absolute Gasteiger partial charge is 0.420 e. The van der Waals surface area contributed by atoms with Gasteiger partial charge in [0, 0.05) is 0 Å². The van der Waals surface area contributed by atoms with Crippen LogP contribution in [-0.4, -0.2) is 29.4 Å². The number of benzene rings is 2. The first-order valence-electron chi connectivity index (χ1n) is 9.37. The Morgan fingerprint density at radius 1 is 0.897 bits per heavy atom. The van der Waals surface area contributed by atoms with Crippen LogP contribution in [0.2, 0.25) is 0 Å². The van der Waals surface area contributed by atoms with Crippen LogP contribution < -0.4 is 4.74 Å². The molecule has 0 amide bonds. The molecule has 140 valence electrons. The fourth-order valence-corrected chi connectivity index (χ4v) is 4.04. The number of fused-ring (bicyclic) bond motifs is 4. The molecule has 0 N–H and O–H groups in total. The lowest BCUT2D eigenvalue weighted by molar-refractivity contribution is 0.402. The van der Waals surface area contributed by atoms with Gasteiger partial charge in [0.15, 0.2) is 5.65 Å². The van der Waals surface area contributed by atoms with Crippen LogP contribution in [0.4, 0.5) is 0 Å². The first-order chi connectivity index (χ1) is 14.3. The summed E-state index contributed by atoms with van der Waals surface area (Å²) >= 11 is 0. The summed E-state index contributed by atoms with van der Waals surface area (Å²) in [7, 11) is 0. The Morgan fingerprint density at radius 2 is 1.66 bits per heavy atom. The van der Waals surface area contributed by atoms with Crippen molar-refractivity contribution in [3.63, 3.8) is 0 Å². The average molecular weight is 380 g/mol. The standard InChI is InChI=1S/C22H16N6O/c1-14-17-18(15-8-4-2-5-9-15)19-20-23-12-25-27(20)13-24-21(19)29-22(17)28(26-14)16-10-6-3-7-11-16/h2-13,18H,1H3. The quantitative estimate of drug-likeness (QED) is 0.456. The molecule has 0 aliphatic carbocycles. The van der Waals surface area contributed by atoms with Gasteiger partial charge in [-0.3, -0.25) is 0 Å². The highest BCUT2D eigenvalue weighted by atomic mass is 16.5. The van der Waals surface area contributed by atoms with Gasteiger partial charge in [0.05, 0.1) is 28.4 Å². The third kappa shape index (κ3) is 2.30. The van der Waals surface area contributed by atoms with Crippen LogP contribution in [0.1, 0.15) is 28.3 Å². The van der Waals surface area contributed by atoms with Crippen LogP contribution in [0, 0.1) is 6.92 Å². The average Bonchev–Trinajstić information content (AvgIpc) is 3.38. The Labute approximate surface area is 166 Å². The van der Waals surface area contributed by atoms with Gasteiger partial charge >= 0.3 is 0 Å². The van der Waals surface area contributed by atoms with E-state index in [0.29, 0.717) is 11.8 Å². The second-order valence-corrected chi connectivity index (χ2v) is 6.99. The van der Waals surface area contributed by atoms with Gasteiger partial charge in [0.2, 0.25) is 11.8 Å². The van der Waals surface area contributed by atoms with Crippen LogP contribution in [-0.2, 0) is 0 Å². The van der Waals surface area contributed by atoms with Gasteiger partial charge in [-0.15, -0.1) is 0 Å². The minimum Gasteiger partial charge on any atom is -0.420 e. The maximum atomic E-state index is 6.32. The van der Waals surface area contributed by atoms with Gasteiger partial charge in [-0.05, 0) is 24.6 Å². The van der Waals surface area contributed by atoms with Crippen molar-refractivity contribution in [2.75, 3.05) is 0 Å². The Hall–Kier alpha value is -4.00. The van der Waals surface area contributed by atoms with E-state index in [1.54, 1.807) is 10.8 Å². The Morgan fingerprint density at radius 3 is 2.45 bits per heavy atom. The Balaban J connectivity index is 1.68. The molecule has 0 saturated heterocycles. The smallest absolute Gasteiger partial charge is 0.230 e. The third-order valence-electron chi connectivity index (χ3n) is 5.30. The summed E-state index contributed by atoms with van der Waals surface area (Å²) in [6.45, 7) is 2.01. The van der Waals surface area contributed by atoms with Crippen molar-refractivity contribution < 1.29 is 4.74 Å². The second kappa shape index (κ2) is 6.00. The van der Waals surface area contributed by atoms with E-state index in [9.17, 15) is 0 Å². The lowest BCUT2D eigenvalue weighted by Gasteiger charge is -2.26. The number of aryl methyl sites for hydroxylation is 1. The number of para-hydroxylation sites is 1. The summed E-state index contributed by atoms with van der Waals surface area (Å²) in [6.07, 6.45) is 3.17. The topological polar surface area (TPSA) is 70.1 Å². The molecule has 2 aromatic carbocycles. The molecule has 3 aromatic heterocycles. The molecule has 0 bridgehead atoms. The highest BCUT2D eigenvalue weighted by Crippen LogP contribution is 2.49. The zero-order chi connectivity index (χ0) is 19.4. The molecule has 0 saturated carbocycles. The zero-order valence-electron chi connectivity index (χ0n) is 15.6. The molecule has 29 heavy (non-hydrogen) atoms. The van der Waals surface area contributed by atoms with Crippen molar-refractivity contribution in [2.45, 2.75) is 12.8 Å². The molecule has 5 aromatic rings. The molecule has 0 radical (unpaired) electrons. The molecule has 1 unspecified atom stereocenters. The fourth-order valence-electron chi connectivity index (χ4n) is 4.04. The summed E-state index contributed by atoms with van der Waals surface area (Å²) < 4.78 is 9.85. The van der Waals surface area contributed by atoms with Crippen LogP contribution in [0.25, 0.3) is 11.3 Å². The van der Waals surface area contributed by atoms with Crippen molar-refractivity contribution in [3.8, 4) is 17.4 Å². The molecule has 6 rings (SSSR count). The van der Waals surface area contributed by atoms with Crippen LogP contribution >= 0.6 is 0 Å². The molecular weight excluding hydrogens is 364 g/mol.